The zero-order valence-electron chi connectivity index (χ0n) is 14.5. The van der Waals surface area contributed by atoms with Gasteiger partial charge in [0, 0.05) is 25.6 Å². The molecule has 1 aliphatic rings. The maximum Gasteiger partial charge on any atom is 0.239 e. The summed E-state index contributed by atoms with van der Waals surface area (Å²) in [6.45, 7) is 2.71. The van der Waals surface area contributed by atoms with E-state index in [1.54, 1.807) is 17.0 Å². The fourth-order valence-electron chi connectivity index (χ4n) is 3.08. The van der Waals surface area contributed by atoms with Gasteiger partial charge in [-0.2, -0.15) is 0 Å². The number of nitrogens with two attached hydrogens (primary N) is 1. The number of rotatable bonds is 7. The summed E-state index contributed by atoms with van der Waals surface area (Å²) >= 11 is 0. The quantitative estimate of drug-likeness (QED) is 0.771. The van der Waals surface area contributed by atoms with Gasteiger partial charge < -0.3 is 16.0 Å². The first kappa shape index (κ1) is 21.4. The van der Waals surface area contributed by atoms with Gasteiger partial charge in [-0.1, -0.05) is 18.6 Å². The van der Waals surface area contributed by atoms with Crippen LogP contribution < -0.4 is 11.1 Å². The summed E-state index contributed by atoms with van der Waals surface area (Å²) in [5, 5.41) is 2.76. The molecule has 0 aromatic heterocycles. The third-order valence-corrected chi connectivity index (χ3v) is 4.63. The summed E-state index contributed by atoms with van der Waals surface area (Å²) in [7, 11) is 0. The van der Waals surface area contributed by atoms with Crippen molar-refractivity contribution in [3.8, 4) is 0 Å². The lowest BCUT2D eigenvalue weighted by atomic mass is 9.99. The fourth-order valence-corrected chi connectivity index (χ4v) is 3.08. The molecule has 1 saturated carbocycles. The topological polar surface area (TPSA) is 75.4 Å². The Morgan fingerprint density at radius 1 is 1.28 bits per heavy atom. The summed E-state index contributed by atoms with van der Waals surface area (Å²) in [6, 6.07) is 6.06. The molecule has 1 aliphatic carbocycles. The number of nitrogens with zero attached hydrogens (tertiary/aromatic N) is 1. The Balaban J connectivity index is 0.00000312. The van der Waals surface area contributed by atoms with Gasteiger partial charge in [0.1, 0.15) is 5.82 Å². The Morgan fingerprint density at radius 2 is 1.96 bits per heavy atom. The molecule has 2 rings (SSSR count). The Kier molecular flexibility index (Phi) is 8.86. The number of benzene rings is 1. The molecule has 25 heavy (non-hydrogen) atoms. The van der Waals surface area contributed by atoms with E-state index in [2.05, 4.69) is 5.32 Å². The predicted octanol–water partition coefficient (Wildman–Crippen LogP) is 2.23. The number of amides is 2. The van der Waals surface area contributed by atoms with Crippen molar-refractivity contribution in [2.75, 3.05) is 13.1 Å². The van der Waals surface area contributed by atoms with E-state index >= 15 is 0 Å². The normalized spacial score (nSPS) is 19.2. The molecule has 0 bridgehead atoms. The monoisotopic (exact) mass is 371 g/mol. The Bertz CT molecular complexity index is 568. The van der Waals surface area contributed by atoms with Crippen LogP contribution in [-0.2, 0) is 16.1 Å². The second-order valence-corrected chi connectivity index (χ2v) is 6.37. The van der Waals surface area contributed by atoms with Crippen LogP contribution in [0.1, 0.15) is 38.2 Å². The third-order valence-electron chi connectivity index (χ3n) is 4.63. The van der Waals surface area contributed by atoms with E-state index < -0.39 is 0 Å². The molecule has 1 aromatic rings. The summed E-state index contributed by atoms with van der Waals surface area (Å²) in [5.74, 6) is -0.311. The maximum atomic E-state index is 12.8. The van der Waals surface area contributed by atoms with Crippen LogP contribution in [0.15, 0.2) is 24.3 Å². The molecule has 140 valence electrons. The lowest BCUT2D eigenvalue weighted by Gasteiger charge is -2.23. The van der Waals surface area contributed by atoms with E-state index in [4.69, 9.17) is 5.73 Å². The van der Waals surface area contributed by atoms with Gasteiger partial charge in [-0.25, -0.2) is 4.39 Å². The van der Waals surface area contributed by atoms with E-state index in [1.807, 2.05) is 6.92 Å². The van der Waals surface area contributed by atoms with E-state index in [0.717, 1.165) is 24.8 Å². The average Bonchev–Trinajstić information content (AvgIpc) is 2.97. The van der Waals surface area contributed by atoms with Gasteiger partial charge in [0.15, 0.2) is 0 Å². The molecule has 0 saturated heterocycles. The number of halogens is 2. The largest absolute Gasteiger partial charge is 0.350 e. The van der Waals surface area contributed by atoms with Crippen LogP contribution in [0.25, 0.3) is 0 Å². The highest BCUT2D eigenvalue weighted by atomic mass is 35.5. The molecule has 1 fully saturated rings. The van der Waals surface area contributed by atoms with Gasteiger partial charge in [-0.15, -0.1) is 12.4 Å². The van der Waals surface area contributed by atoms with Crippen LogP contribution in [0.2, 0.25) is 0 Å². The molecule has 0 aliphatic heterocycles. The van der Waals surface area contributed by atoms with Gasteiger partial charge in [-0.3, -0.25) is 9.59 Å². The van der Waals surface area contributed by atoms with Crippen molar-refractivity contribution in [2.24, 2.45) is 11.7 Å². The lowest BCUT2D eigenvalue weighted by molar-refractivity contribution is -0.136. The minimum absolute atomic E-state index is 0. The van der Waals surface area contributed by atoms with Crippen molar-refractivity contribution >= 4 is 24.2 Å². The Morgan fingerprint density at radius 3 is 2.52 bits per heavy atom. The van der Waals surface area contributed by atoms with Crippen molar-refractivity contribution in [3.05, 3.63) is 35.6 Å². The molecule has 2 atom stereocenters. The molecule has 2 amide bonds. The van der Waals surface area contributed by atoms with Crippen molar-refractivity contribution in [3.63, 3.8) is 0 Å². The lowest BCUT2D eigenvalue weighted by Crippen LogP contribution is -2.41. The minimum Gasteiger partial charge on any atom is -0.350 e. The molecular formula is C18H27ClFN3O2. The van der Waals surface area contributed by atoms with Gasteiger partial charge in [0.2, 0.25) is 11.8 Å². The summed E-state index contributed by atoms with van der Waals surface area (Å²) in [4.78, 5) is 26.0. The molecule has 0 unspecified atom stereocenters. The Hall–Kier alpha value is -1.66. The summed E-state index contributed by atoms with van der Waals surface area (Å²) in [6.07, 6.45) is 3.45. The van der Waals surface area contributed by atoms with Crippen LogP contribution in [0.5, 0.6) is 0 Å². The van der Waals surface area contributed by atoms with Crippen LogP contribution in [0.4, 0.5) is 4.39 Å². The number of likely N-dealkylation sites (N-methyl/N-ethyl adjacent to an activating group) is 1. The first-order valence-corrected chi connectivity index (χ1v) is 8.54. The second kappa shape index (κ2) is 10.4. The smallest absolute Gasteiger partial charge is 0.239 e. The van der Waals surface area contributed by atoms with E-state index in [1.165, 1.54) is 12.1 Å². The highest BCUT2D eigenvalue weighted by molar-refractivity contribution is 5.85. The first-order valence-electron chi connectivity index (χ1n) is 8.54. The zero-order valence-corrected chi connectivity index (χ0v) is 15.4. The number of hydrogen-bond acceptors (Lipinski definition) is 3. The number of carbonyl (C=O) groups excluding carboxylic acids is 2. The van der Waals surface area contributed by atoms with Gasteiger partial charge >= 0.3 is 0 Å². The zero-order chi connectivity index (χ0) is 17.5. The molecule has 0 spiro atoms. The third kappa shape index (κ3) is 6.63. The van der Waals surface area contributed by atoms with Crippen LogP contribution in [-0.4, -0.2) is 35.8 Å². The number of hydrogen-bond donors (Lipinski definition) is 2. The van der Waals surface area contributed by atoms with E-state index in [9.17, 15) is 14.0 Å². The van der Waals surface area contributed by atoms with Crippen LogP contribution in [0, 0.1) is 11.7 Å². The van der Waals surface area contributed by atoms with Crippen LogP contribution in [0.3, 0.4) is 0 Å². The highest BCUT2D eigenvalue weighted by Crippen LogP contribution is 2.27. The second-order valence-electron chi connectivity index (χ2n) is 6.37. The van der Waals surface area contributed by atoms with Gasteiger partial charge in [0.25, 0.3) is 0 Å². The molecule has 5 nitrogen and oxygen atoms in total. The Labute approximate surface area is 154 Å². The van der Waals surface area contributed by atoms with Crippen molar-refractivity contribution in [1.29, 1.82) is 0 Å². The minimum atomic E-state index is -0.307. The van der Waals surface area contributed by atoms with E-state index in [-0.39, 0.29) is 48.5 Å². The van der Waals surface area contributed by atoms with Crippen molar-refractivity contribution in [2.45, 2.75) is 45.2 Å². The summed E-state index contributed by atoms with van der Waals surface area (Å²) < 4.78 is 12.8. The summed E-state index contributed by atoms with van der Waals surface area (Å²) in [5.41, 5.74) is 6.83. The van der Waals surface area contributed by atoms with Crippen molar-refractivity contribution in [1.82, 2.24) is 10.2 Å². The first-order chi connectivity index (χ1) is 11.5. The number of carbonyl (C=O) groups is 2. The van der Waals surface area contributed by atoms with Crippen LogP contribution >= 0.6 is 12.4 Å². The molecule has 0 heterocycles. The fraction of sp³-hybridized carbons (Fsp3) is 0.556. The highest BCUT2D eigenvalue weighted by Gasteiger charge is 2.28. The van der Waals surface area contributed by atoms with Gasteiger partial charge in [-0.05, 0) is 43.4 Å². The SMILES string of the molecule is CCN(CC(=O)NCc1ccc(F)cc1)C(=O)C[C@@H]1CCC[C@H]1N.Cl. The standard InChI is InChI=1S/C18H26FN3O2.ClH/c1-2-22(18(24)10-14-4-3-5-16(14)20)12-17(23)21-11-13-6-8-15(19)9-7-13;/h6-9,14,16H,2-5,10-12,20H2,1H3,(H,21,23);1H/t14-,16+;/m0./s1. The van der Waals surface area contributed by atoms with Crippen molar-refractivity contribution < 1.29 is 14.0 Å². The molecule has 3 N–H and O–H groups in total. The van der Waals surface area contributed by atoms with Gasteiger partial charge in [0.05, 0.1) is 6.54 Å². The molecule has 7 heteroatoms. The molecule has 0 radical (unpaired) electrons. The molecular weight excluding hydrogens is 345 g/mol. The number of nitrogens with one attached hydrogen (secondary N) is 1. The predicted molar refractivity (Wildman–Crippen MR) is 97.7 cm³/mol. The maximum absolute atomic E-state index is 12.8. The molecule has 1 aromatic carbocycles. The van der Waals surface area contributed by atoms with E-state index in [0.29, 0.717) is 19.5 Å². The average molecular weight is 372 g/mol.